The number of anilines is 1. The maximum Gasteiger partial charge on any atom is 0.149 e. The maximum atomic E-state index is 8.44. The SMILES string of the molecule is Cc1ccccc1-c1ccc(NCC#N)nn1. The van der Waals surface area contributed by atoms with Crippen molar-refractivity contribution in [2.45, 2.75) is 6.92 Å². The zero-order valence-electron chi connectivity index (χ0n) is 9.51. The molecule has 1 aromatic heterocycles. The molecule has 1 N–H and O–H groups in total. The van der Waals surface area contributed by atoms with E-state index in [2.05, 4.69) is 15.5 Å². The molecule has 1 heterocycles. The Labute approximate surface area is 99.9 Å². The zero-order chi connectivity index (χ0) is 12.1. The normalized spacial score (nSPS) is 9.65. The first kappa shape index (κ1) is 11.1. The van der Waals surface area contributed by atoms with Gasteiger partial charge in [-0.15, -0.1) is 10.2 Å². The highest BCUT2D eigenvalue weighted by molar-refractivity contribution is 5.63. The van der Waals surface area contributed by atoms with Crippen molar-refractivity contribution in [2.24, 2.45) is 0 Å². The molecule has 0 fully saturated rings. The van der Waals surface area contributed by atoms with Crippen LogP contribution in [-0.4, -0.2) is 16.7 Å². The Hall–Kier alpha value is -2.41. The number of aryl methyl sites for hydroxylation is 1. The second kappa shape index (κ2) is 5.08. The van der Waals surface area contributed by atoms with Crippen molar-refractivity contribution in [2.75, 3.05) is 11.9 Å². The Morgan fingerprint density at radius 3 is 2.65 bits per heavy atom. The molecule has 1 aromatic carbocycles. The Bertz CT molecular complexity index is 540. The molecule has 0 radical (unpaired) electrons. The number of rotatable bonds is 3. The summed E-state index contributed by atoms with van der Waals surface area (Å²) in [6.07, 6.45) is 0. The van der Waals surface area contributed by atoms with Crippen LogP contribution in [0.25, 0.3) is 11.3 Å². The van der Waals surface area contributed by atoms with E-state index in [9.17, 15) is 0 Å². The molecule has 0 atom stereocenters. The van der Waals surface area contributed by atoms with Gasteiger partial charge in [0.15, 0.2) is 0 Å². The van der Waals surface area contributed by atoms with Gasteiger partial charge in [-0.05, 0) is 24.6 Å². The molecule has 4 nitrogen and oxygen atoms in total. The van der Waals surface area contributed by atoms with Crippen LogP contribution in [-0.2, 0) is 0 Å². The standard InChI is InChI=1S/C13H12N4/c1-10-4-2-3-5-11(10)12-6-7-13(17-16-12)15-9-8-14/h2-7H,9H2,1H3,(H,15,17). The van der Waals surface area contributed by atoms with Crippen LogP contribution < -0.4 is 5.32 Å². The molecular weight excluding hydrogens is 212 g/mol. The molecule has 2 rings (SSSR count). The summed E-state index contributed by atoms with van der Waals surface area (Å²) in [6, 6.07) is 13.7. The van der Waals surface area contributed by atoms with Crippen molar-refractivity contribution in [3.8, 4) is 17.3 Å². The average Bonchev–Trinajstić information content (AvgIpc) is 2.38. The predicted molar refractivity (Wildman–Crippen MR) is 66.3 cm³/mol. The molecule has 0 aliphatic rings. The van der Waals surface area contributed by atoms with Crippen LogP contribution >= 0.6 is 0 Å². The lowest BCUT2D eigenvalue weighted by Crippen LogP contribution is -2.02. The number of nitrogens with zero attached hydrogens (tertiary/aromatic N) is 3. The fourth-order valence-electron chi connectivity index (χ4n) is 1.56. The van der Waals surface area contributed by atoms with Crippen molar-refractivity contribution in [1.82, 2.24) is 10.2 Å². The van der Waals surface area contributed by atoms with Gasteiger partial charge in [-0.25, -0.2) is 0 Å². The fraction of sp³-hybridized carbons (Fsp3) is 0.154. The van der Waals surface area contributed by atoms with Gasteiger partial charge in [0.25, 0.3) is 0 Å². The number of hydrogen-bond acceptors (Lipinski definition) is 4. The van der Waals surface area contributed by atoms with E-state index in [0.717, 1.165) is 11.3 Å². The third-order valence-corrected chi connectivity index (χ3v) is 2.43. The first-order chi connectivity index (χ1) is 8.31. The predicted octanol–water partition coefficient (Wildman–Crippen LogP) is 2.39. The van der Waals surface area contributed by atoms with E-state index in [4.69, 9.17) is 5.26 Å². The van der Waals surface area contributed by atoms with Gasteiger partial charge in [0.1, 0.15) is 12.4 Å². The second-order valence-corrected chi connectivity index (χ2v) is 3.63. The summed E-state index contributed by atoms with van der Waals surface area (Å²) in [4.78, 5) is 0. The topological polar surface area (TPSA) is 61.6 Å². The second-order valence-electron chi connectivity index (χ2n) is 3.63. The zero-order valence-corrected chi connectivity index (χ0v) is 9.51. The lowest BCUT2D eigenvalue weighted by atomic mass is 10.1. The van der Waals surface area contributed by atoms with E-state index < -0.39 is 0 Å². The van der Waals surface area contributed by atoms with Crippen molar-refractivity contribution < 1.29 is 0 Å². The van der Waals surface area contributed by atoms with Gasteiger partial charge >= 0.3 is 0 Å². The molecular formula is C13H12N4. The fourth-order valence-corrected chi connectivity index (χ4v) is 1.56. The minimum absolute atomic E-state index is 0.235. The number of aromatic nitrogens is 2. The molecule has 0 aliphatic heterocycles. The molecule has 0 saturated heterocycles. The van der Waals surface area contributed by atoms with Crippen molar-refractivity contribution in [1.29, 1.82) is 5.26 Å². The number of nitrogens with one attached hydrogen (secondary N) is 1. The summed E-state index contributed by atoms with van der Waals surface area (Å²) in [5, 5.41) is 19.5. The first-order valence-corrected chi connectivity index (χ1v) is 5.32. The number of benzene rings is 1. The van der Waals surface area contributed by atoms with Gasteiger partial charge in [0.2, 0.25) is 0 Å². The van der Waals surface area contributed by atoms with Gasteiger partial charge < -0.3 is 5.32 Å². The summed E-state index contributed by atoms with van der Waals surface area (Å²) < 4.78 is 0. The van der Waals surface area contributed by atoms with Crippen LogP contribution in [0.15, 0.2) is 36.4 Å². The van der Waals surface area contributed by atoms with E-state index in [1.165, 1.54) is 5.56 Å². The van der Waals surface area contributed by atoms with Gasteiger partial charge in [-0.2, -0.15) is 5.26 Å². The molecule has 84 valence electrons. The van der Waals surface area contributed by atoms with E-state index in [1.807, 2.05) is 49.4 Å². The van der Waals surface area contributed by atoms with E-state index in [0.29, 0.717) is 5.82 Å². The Balaban J connectivity index is 2.24. The minimum Gasteiger partial charge on any atom is -0.356 e. The van der Waals surface area contributed by atoms with Gasteiger partial charge in [-0.1, -0.05) is 24.3 Å². The van der Waals surface area contributed by atoms with E-state index >= 15 is 0 Å². The highest BCUT2D eigenvalue weighted by atomic mass is 15.2. The van der Waals surface area contributed by atoms with Crippen molar-refractivity contribution in [3.63, 3.8) is 0 Å². The molecule has 0 unspecified atom stereocenters. The van der Waals surface area contributed by atoms with Gasteiger partial charge in [-0.3, -0.25) is 0 Å². The third kappa shape index (κ3) is 2.58. The summed E-state index contributed by atoms with van der Waals surface area (Å²) in [5.74, 6) is 0.615. The minimum atomic E-state index is 0.235. The Kier molecular flexibility index (Phi) is 3.31. The smallest absolute Gasteiger partial charge is 0.149 e. The lowest BCUT2D eigenvalue weighted by Gasteiger charge is -2.05. The van der Waals surface area contributed by atoms with Crippen LogP contribution in [0.1, 0.15) is 5.56 Å². The summed E-state index contributed by atoms with van der Waals surface area (Å²) in [5.41, 5.74) is 3.08. The van der Waals surface area contributed by atoms with Crippen LogP contribution in [0.2, 0.25) is 0 Å². The largest absolute Gasteiger partial charge is 0.356 e. The summed E-state index contributed by atoms with van der Waals surface area (Å²) in [6.45, 7) is 2.28. The molecule has 0 saturated carbocycles. The maximum absolute atomic E-state index is 8.44. The lowest BCUT2D eigenvalue weighted by molar-refractivity contribution is 1.03. The Morgan fingerprint density at radius 2 is 2.00 bits per heavy atom. The van der Waals surface area contributed by atoms with E-state index in [-0.39, 0.29) is 6.54 Å². The monoisotopic (exact) mass is 224 g/mol. The third-order valence-electron chi connectivity index (χ3n) is 2.43. The summed E-state index contributed by atoms with van der Waals surface area (Å²) in [7, 11) is 0. The number of nitriles is 1. The van der Waals surface area contributed by atoms with Crippen LogP contribution in [0.4, 0.5) is 5.82 Å². The molecule has 0 amide bonds. The molecule has 2 aromatic rings. The first-order valence-electron chi connectivity index (χ1n) is 5.32. The highest BCUT2D eigenvalue weighted by Crippen LogP contribution is 2.20. The van der Waals surface area contributed by atoms with Crippen LogP contribution in [0, 0.1) is 18.3 Å². The van der Waals surface area contributed by atoms with Gasteiger partial charge in [0.05, 0.1) is 11.8 Å². The average molecular weight is 224 g/mol. The molecule has 0 bridgehead atoms. The molecule has 17 heavy (non-hydrogen) atoms. The van der Waals surface area contributed by atoms with Gasteiger partial charge in [0, 0.05) is 5.56 Å². The highest BCUT2D eigenvalue weighted by Gasteiger charge is 2.03. The van der Waals surface area contributed by atoms with Crippen LogP contribution in [0.3, 0.4) is 0 Å². The molecule has 0 aliphatic carbocycles. The van der Waals surface area contributed by atoms with Crippen LogP contribution in [0.5, 0.6) is 0 Å². The van der Waals surface area contributed by atoms with Crippen molar-refractivity contribution in [3.05, 3.63) is 42.0 Å². The summed E-state index contributed by atoms with van der Waals surface area (Å²) >= 11 is 0. The van der Waals surface area contributed by atoms with Crippen molar-refractivity contribution >= 4 is 5.82 Å². The Morgan fingerprint density at radius 1 is 1.18 bits per heavy atom. The number of hydrogen-bond donors (Lipinski definition) is 1. The quantitative estimate of drug-likeness (QED) is 0.813. The molecule has 4 heteroatoms. The van der Waals surface area contributed by atoms with E-state index in [1.54, 1.807) is 0 Å². The molecule has 0 spiro atoms.